The number of nitrogens with two attached hydrogens (primary N) is 1. The number of halogens is 3. The Hall–Kier alpha value is -3.04. The maximum atomic E-state index is 13.1. The fourth-order valence-electron chi connectivity index (χ4n) is 1.87. The summed E-state index contributed by atoms with van der Waals surface area (Å²) in [6.07, 6.45) is -3.75. The summed E-state index contributed by atoms with van der Waals surface area (Å²) >= 11 is 0. The standard InChI is InChI=1S/C12H8F3N7/c13-12(14,15)9-8(6-17-11(16)18-9)10-19-20-21-22(10)7-4-2-1-3-5-7/h1-6H,(H2,16,17,18). The van der Waals surface area contributed by atoms with Gasteiger partial charge in [0.15, 0.2) is 11.5 Å². The zero-order valence-electron chi connectivity index (χ0n) is 10.9. The van der Waals surface area contributed by atoms with Crippen LogP contribution in [0, 0.1) is 0 Å². The summed E-state index contributed by atoms with van der Waals surface area (Å²) < 4.78 is 40.6. The summed E-state index contributed by atoms with van der Waals surface area (Å²) in [7, 11) is 0. The van der Waals surface area contributed by atoms with Gasteiger partial charge in [0.1, 0.15) is 0 Å². The number of nitrogens with zero attached hydrogens (tertiary/aromatic N) is 6. The van der Waals surface area contributed by atoms with Crippen LogP contribution in [0.5, 0.6) is 0 Å². The molecule has 0 radical (unpaired) electrons. The van der Waals surface area contributed by atoms with E-state index >= 15 is 0 Å². The molecule has 7 nitrogen and oxygen atoms in total. The van der Waals surface area contributed by atoms with E-state index < -0.39 is 17.8 Å². The number of hydrogen-bond acceptors (Lipinski definition) is 6. The predicted octanol–water partition coefficient (Wildman–Crippen LogP) is 1.72. The van der Waals surface area contributed by atoms with E-state index in [1.807, 2.05) is 0 Å². The highest BCUT2D eigenvalue weighted by molar-refractivity contribution is 5.60. The number of tetrazole rings is 1. The van der Waals surface area contributed by atoms with E-state index in [1.165, 1.54) is 4.68 Å². The van der Waals surface area contributed by atoms with Gasteiger partial charge in [0, 0.05) is 6.20 Å². The molecule has 0 amide bonds. The fourth-order valence-corrected chi connectivity index (χ4v) is 1.87. The average Bonchev–Trinajstić information content (AvgIpc) is 2.96. The summed E-state index contributed by atoms with van der Waals surface area (Å²) in [4.78, 5) is 6.87. The molecule has 0 atom stereocenters. The zero-order valence-corrected chi connectivity index (χ0v) is 10.9. The SMILES string of the molecule is Nc1ncc(-c2nnnn2-c2ccccc2)c(C(F)(F)F)n1. The highest BCUT2D eigenvalue weighted by atomic mass is 19.4. The molecule has 0 unspecified atom stereocenters. The molecule has 0 fully saturated rings. The fraction of sp³-hybridized carbons (Fsp3) is 0.0833. The normalized spacial score (nSPS) is 11.6. The molecule has 1 aromatic carbocycles. The van der Waals surface area contributed by atoms with Crippen LogP contribution in [0.4, 0.5) is 19.1 Å². The van der Waals surface area contributed by atoms with Crippen molar-refractivity contribution < 1.29 is 13.2 Å². The highest BCUT2D eigenvalue weighted by Gasteiger charge is 2.38. The van der Waals surface area contributed by atoms with Crippen molar-refractivity contribution in [3.8, 4) is 17.1 Å². The van der Waals surface area contributed by atoms with Gasteiger partial charge in [-0.2, -0.15) is 17.9 Å². The van der Waals surface area contributed by atoms with Gasteiger partial charge in [-0.1, -0.05) is 18.2 Å². The Labute approximate surface area is 121 Å². The molecular formula is C12H8F3N7. The molecule has 22 heavy (non-hydrogen) atoms. The van der Waals surface area contributed by atoms with Gasteiger partial charge < -0.3 is 5.73 Å². The average molecular weight is 307 g/mol. The monoisotopic (exact) mass is 307 g/mol. The number of rotatable bonds is 2. The van der Waals surface area contributed by atoms with Crippen molar-refractivity contribution in [2.75, 3.05) is 5.73 Å². The van der Waals surface area contributed by atoms with Crippen LogP contribution in [-0.2, 0) is 6.18 Å². The Kier molecular flexibility index (Phi) is 3.20. The maximum absolute atomic E-state index is 13.1. The molecule has 112 valence electrons. The third-order valence-corrected chi connectivity index (χ3v) is 2.79. The zero-order chi connectivity index (χ0) is 15.7. The second-order valence-corrected chi connectivity index (χ2v) is 4.24. The lowest BCUT2D eigenvalue weighted by molar-refractivity contribution is -0.140. The lowest BCUT2D eigenvalue weighted by Crippen LogP contribution is -2.14. The van der Waals surface area contributed by atoms with E-state index in [4.69, 9.17) is 5.73 Å². The van der Waals surface area contributed by atoms with Crippen molar-refractivity contribution in [3.63, 3.8) is 0 Å². The summed E-state index contributed by atoms with van der Waals surface area (Å²) in [6, 6.07) is 8.51. The van der Waals surface area contributed by atoms with Crippen LogP contribution in [-0.4, -0.2) is 30.2 Å². The highest BCUT2D eigenvalue weighted by Crippen LogP contribution is 2.35. The van der Waals surface area contributed by atoms with Crippen LogP contribution in [0.3, 0.4) is 0 Å². The van der Waals surface area contributed by atoms with E-state index in [0.29, 0.717) is 5.69 Å². The Morgan fingerprint density at radius 3 is 2.50 bits per heavy atom. The van der Waals surface area contributed by atoms with E-state index in [0.717, 1.165) is 6.20 Å². The summed E-state index contributed by atoms with van der Waals surface area (Å²) in [5.41, 5.74) is 4.21. The third-order valence-electron chi connectivity index (χ3n) is 2.79. The van der Waals surface area contributed by atoms with Crippen LogP contribution in [0.15, 0.2) is 36.5 Å². The van der Waals surface area contributed by atoms with E-state index in [2.05, 4.69) is 25.5 Å². The Bertz CT molecular complexity index is 798. The van der Waals surface area contributed by atoms with Gasteiger partial charge in [-0.15, -0.1) is 5.10 Å². The first-order chi connectivity index (χ1) is 10.5. The van der Waals surface area contributed by atoms with Gasteiger partial charge >= 0.3 is 6.18 Å². The number of anilines is 1. The van der Waals surface area contributed by atoms with E-state index in [1.54, 1.807) is 30.3 Å². The largest absolute Gasteiger partial charge is 0.434 e. The lowest BCUT2D eigenvalue weighted by Gasteiger charge is -2.11. The summed E-state index contributed by atoms with van der Waals surface area (Å²) in [5.74, 6) is -0.603. The van der Waals surface area contributed by atoms with Crippen LogP contribution in [0.25, 0.3) is 17.1 Å². The van der Waals surface area contributed by atoms with E-state index in [9.17, 15) is 13.2 Å². The molecule has 0 spiro atoms. The first-order valence-corrected chi connectivity index (χ1v) is 6.00. The molecule has 2 N–H and O–H groups in total. The summed E-state index contributed by atoms with van der Waals surface area (Å²) in [6.45, 7) is 0. The number of nitrogen functional groups attached to an aromatic ring is 1. The number of hydrogen-bond donors (Lipinski definition) is 1. The van der Waals surface area contributed by atoms with Crippen LogP contribution < -0.4 is 5.73 Å². The van der Waals surface area contributed by atoms with Crippen molar-refractivity contribution >= 4 is 5.95 Å². The minimum Gasteiger partial charge on any atom is -0.368 e. The van der Waals surface area contributed by atoms with Gasteiger partial charge in [-0.3, -0.25) is 0 Å². The minimum absolute atomic E-state index is 0.126. The Morgan fingerprint density at radius 2 is 1.82 bits per heavy atom. The van der Waals surface area contributed by atoms with Crippen molar-refractivity contribution in [1.82, 2.24) is 30.2 Å². The quantitative estimate of drug-likeness (QED) is 0.774. The van der Waals surface area contributed by atoms with Crippen molar-refractivity contribution in [1.29, 1.82) is 0 Å². The molecule has 3 rings (SSSR count). The van der Waals surface area contributed by atoms with Gasteiger partial charge in [-0.25, -0.2) is 9.97 Å². The minimum atomic E-state index is -4.71. The van der Waals surface area contributed by atoms with Crippen LogP contribution >= 0.6 is 0 Å². The molecule has 2 heterocycles. The molecule has 0 bridgehead atoms. The number of benzene rings is 1. The van der Waals surface area contributed by atoms with Crippen LogP contribution in [0.1, 0.15) is 5.69 Å². The van der Waals surface area contributed by atoms with Crippen molar-refractivity contribution in [2.45, 2.75) is 6.18 Å². The van der Waals surface area contributed by atoms with Gasteiger partial charge in [0.05, 0.1) is 11.3 Å². The van der Waals surface area contributed by atoms with Crippen LogP contribution in [0.2, 0.25) is 0 Å². The summed E-state index contributed by atoms with van der Waals surface area (Å²) in [5, 5.41) is 10.8. The third kappa shape index (κ3) is 2.45. The predicted molar refractivity (Wildman–Crippen MR) is 69.6 cm³/mol. The molecule has 0 aliphatic rings. The van der Waals surface area contributed by atoms with E-state index in [-0.39, 0.29) is 11.4 Å². The molecule has 0 aliphatic heterocycles. The molecule has 0 saturated carbocycles. The molecule has 0 aliphatic carbocycles. The first-order valence-electron chi connectivity index (χ1n) is 6.00. The molecule has 2 aromatic heterocycles. The Balaban J connectivity index is 2.20. The topological polar surface area (TPSA) is 95.4 Å². The van der Waals surface area contributed by atoms with Crippen molar-refractivity contribution in [2.24, 2.45) is 0 Å². The molecular weight excluding hydrogens is 299 g/mol. The van der Waals surface area contributed by atoms with Crippen molar-refractivity contribution in [3.05, 3.63) is 42.2 Å². The number of aromatic nitrogens is 6. The first kappa shape index (κ1) is 13.9. The number of para-hydroxylation sites is 1. The second-order valence-electron chi connectivity index (χ2n) is 4.24. The number of alkyl halides is 3. The van der Waals surface area contributed by atoms with Gasteiger partial charge in [0.25, 0.3) is 0 Å². The lowest BCUT2D eigenvalue weighted by atomic mass is 10.2. The van der Waals surface area contributed by atoms with Gasteiger partial charge in [0.2, 0.25) is 5.95 Å². The molecule has 3 aromatic rings. The van der Waals surface area contributed by atoms with Gasteiger partial charge in [-0.05, 0) is 22.6 Å². The Morgan fingerprint density at radius 1 is 1.09 bits per heavy atom. The second kappa shape index (κ2) is 5.06. The molecule has 10 heteroatoms. The molecule has 0 saturated heterocycles. The smallest absolute Gasteiger partial charge is 0.368 e. The maximum Gasteiger partial charge on any atom is 0.434 e.